The van der Waals surface area contributed by atoms with E-state index in [1.807, 2.05) is 10.9 Å². The van der Waals surface area contributed by atoms with Crippen molar-refractivity contribution in [3.05, 3.63) is 38.7 Å². The third-order valence-corrected chi connectivity index (χ3v) is 3.43. The minimum atomic E-state index is -0.485. The van der Waals surface area contributed by atoms with Crippen molar-refractivity contribution in [2.75, 3.05) is 19.3 Å². The van der Waals surface area contributed by atoms with Gasteiger partial charge in [-0.1, -0.05) is 0 Å². The molecule has 1 heterocycles. The first-order valence-corrected chi connectivity index (χ1v) is 7.04. The van der Waals surface area contributed by atoms with Gasteiger partial charge in [0.2, 0.25) is 0 Å². The highest BCUT2D eigenvalue weighted by Crippen LogP contribution is 2.11. The Morgan fingerprint density at radius 2 is 2.59 bits per heavy atom. The molecule has 0 bridgehead atoms. The second-order valence-electron chi connectivity index (χ2n) is 3.04. The lowest BCUT2D eigenvalue weighted by atomic mass is 10.6. The van der Waals surface area contributed by atoms with Gasteiger partial charge in [0.15, 0.2) is 5.82 Å². The lowest BCUT2D eigenvalue weighted by Crippen LogP contribution is -2.26. The summed E-state index contributed by atoms with van der Waals surface area (Å²) in [6.07, 6.45) is 0.922. The van der Waals surface area contributed by atoms with Crippen LogP contribution >= 0.6 is 23.1 Å². The van der Waals surface area contributed by atoms with Gasteiger partial charge in [0.05, 0.1) is 16.1 Å². The monoisotopic (exact) mass is 274 g/mol. The number of aromatic nitrogens is 1. The van der Waals surface area contributed by atoms with E-state index in [2.05, 4.69) is 15.6 Å². The molecule has 0 aromatic carbocycles. The third kappa shape index (κ3) is 6.12. The summed E-state index contributed by atoms with van der Waals surface area (Å²) < 4.78 is 0. The van der Waals surface area contributed by atoms with Crippen LogP contribution in [0.4, 0.5) is 0 Å². The quantitative estimate of drug-likeness (QED) is 0.422. The van der Waals surface area contributed by atoms with Crippen molar-refractivity contribution in [3.63, 3.8) is 0 Å². The molecular formula is C9H14N4O2S2. The van der Waals surface area contributed by atoms with Gasteiger partial charge in [-0.05, 0) is 0 Å². The Hall–Kier alpha value is -1.28. The van der Waals surface area contributed by atoms with Crippen LogP contribution in [0.2, 0.25) is 0 Å². The molecule has 8 heteroatoms. The second-order valence-corrected chi connectivity index (χ2v) is 4.86. The summed E-state index contributed by atoms with van der Waals surface area (Å²) in [6.45, 7) is 0.676. The van der Waals surface area contributed by atoms with Crippen LogP contribution in [0.15, 0.2) is 22.9 Å². The lowest BCUT2D eigenvalue weighted by molar-refractivity contribution is -0.404. The van der Waals surface area contributed by atoms with Gasteiger partial charge < -0.3 is 10.6 Å². The van der Waals surface area contributed by atoms with Gasteiger partial charge in [-0.2, -0.15) is 11.8 Å². The molecule has 0 unspecified atom stereocenters. The SMILES string of the molecule is CN/C(=C/[N+](=O)[O-])NCCSCc1cscn1. The van der Waals surface area contributed by atoms with E-state index in [0.717, 1.165) is 23.4 Å². The van der Waals surface area contributed by atoms with Crippen molar-refractivity contribution in [3.8, 4) is 0 Å². The van der Waals surface area contributed by atoms with Crippen molar-refractivity contribution in [2.45, 2.75) is 5.75 Å². The number of thiazole rings is 1. The van der Waals surface area contributed by atoms with Gasteiger partial charge in [0.1, 0.15) is 0 Å². The largest absolute Gasteiger partial charge is 0.370 e. The summed E-state index contributed by atoms with van der Waals surface area (Å²) in [7, 11) is 1.64. The first kappa shape index (κ1) is 13.8. The summed E-state index contributed by atoms with van der Waals surface area (Å²) in [5.74, 6) is 2.16. The van der Waals surface area contributed by atoms with Gasteiger partial charge >= 0.3 is 0 Å². The predicted octanol–water partition coefficient (Wildman–Crippen LogP) is 1.26. The Kier molecular flexibility index (Phi) is 6.41. The van der Waals surface area contributed by atoms with E-state index < -0.39 is 4.92 Å². The number of hydrogen-bond acceptors (Lipinski definition) is 7. The summed E-state index contributed by atoms with van der Waals surface area (Å²) in [5.41, 5.74) is 2.89. The first-order chi connectivity index (χ1) is 8.22. The lowest BCUT2D eigenvalue weighted by Gasteiger charge is -2.06. The van der Waals surface area contributed by atoms with E-state index in [1.54, 1.807) is 30.1 Å². The first-order valence-electron chi connectivity index (χ1n) is 4.94. The van der Waals surface area contributed by atoms with Crippen LogP contribution in [0.5, 0.6) is 0 Å². The molecule has 2 N–H and O–H groups in total. The van der Waals surface area contributed by atoms with Crippen LogP contribution in [0, 0.1) is 10.1 Å². The van der Waals surface area contributed by atoms with Crippen molar-refractivity contribution in [2.24, 2.45) is 0 Å². The normalized spacial score (nSPS) is 11.2. The predicted molar refractivity (Wildman–Crippen MR) is 70.4 cm³/mol. The molecule has 1 rings (SSSR count). The minimum absolute atomic E-state index is 0.421. The third-order valence-electron chi connectivity index (χ3n) is 1.80. The highest BCUT2D eigenvalue weighted by molar-refractivity contribution is 7.98. The van der Waals surface area contributed by atoms with E-state index >= 15 is 0 Å². The molecule has 0 aliphatic carbocycles. The fraction of sp³-hybridized carbons (Fsp3) is 0.444. The van der Waals surface area contributed by atoms with E-state index in [0.29, 0.717) is 12.4 Å². The number of thioether (sulfide) groups is 1. The maximum absolute atomic E-state index is 10.2. The summed E-state index contributed by atoms with van der Waals surface area (Å²) in [5, 5.41) is 17.9. The van der Waals surface area contributed by atoms with Crippen LogP contribution < -0.4 is 10.6 Å². The van der Waals surface area contributed by atoms with Crippen LogP contribution in [0.25, 0.3) is 0 Å². The zero-order valence-corrected chi connectivity index (χ0v) is 11.0. The second kappa shape index (κ2) is 7.91. The molecule has 0 spiro atoms. The van der Waals surface area contributed by atoms with E-state index in [4.69, 9.17) is 0 Å². The van der Waals surface area contributed by atoms with E-state index in [-0.39, 0.29) is 0 Å². The van der Waals surface area contributed by atoms with Crippen molar-refractivity contribution in [1.29, 1.82) is 0 Å². The molecule has 0 radical (unpaired) electrons. The van der Waals surface area contributed by atoms with Crippen molar-refractivity contribution >= 4 is 23.1 Å². The molecule has 1 aromatic rings. The van der Waals surface area contributed by atoms with E-state index in [1.165, 1.54) is 0 Å². The molecule has 94 valence electrons. The number of rotatable bonds is 8. The number of nitro groups is 1. The molecule has 1 aromatic heterocycles. The van der Waals surface area contributed by atoms with Crippen molar-refractivity contribution in [1.82, 2.24) is 15.6 Å². The van der Waals surface area contributed by atoms with Crippen LogP contribution in [0.1, 0.15) is 5.69 Å². The average molecular weight is 274 g/mol. The summed E-state index contributed by atoms with van der Waals surface area (Å²) >= 11 is 3.32. The Bertz CT molecular complexity index is 367. The highest BCUT2D eigenvalue weighted by Gasteiger charge is 1.99. The fourth-order valence-electron chi connectivity index (χ4n) is 1.05. The maximum Gasteiger partial charge on any atom is 0.274 e. The van der Waals surface area contributed by atoms with Gasteiger partial charge in [-0.3, -0.25) is 10.1 Å². The summed E-state index contributed by atoms with van der Waals surface area (Å²) in [6, 6.07) is 0. The fourth-order valence-corrected chi connectivity index (χ4v) is 2.47. The van der Waals surface area contributed by atoms with Crippen LogP contribution in [-0.2, 0) is 5.75 Å². The molecular weight excluding hydrogens is 260 g/mol. The highest BCUT2D eigenvalue weighted by atomic mass is 32.2. The van der Waals surface area contributed by atoms with Gasteiger partial charge in [-0.15, -0.1) is 11.3 Å². The molecule has 0 saturated heterocycles. The standard InChI is InChI=1S/C9H14N4O2S2/c1-10-9(4-13(14)15)11-2-3-16-5-8-6-17-7-12-8/h4,6-7,10-11H,2-3,5H2,1H3/b9-4-. The smallest absolute Gasteiger partial charge is 0.274 e. The zero-order valence-electron chi connectivity index (χ0n) is 9.38. The average Bonchev–Trinajstić information content (AvgIpc) is 2.79. The molecule has 0 amide bonds. The number of hydrogen-bond donors (Lipinski definition) is 2. The van der Waals surface area contributed by atoms with Gasteiger partial charge in [0, 0.05) is 30.5 Å². The topological polar surface area (TPSA) is 80.1 Å². The Morgan fingerprint density at radius 1 is 1.76 bits per heavy atom. The van der Waals surface area contributed by atoms with Crippen LogP contribution in [0.3, 0.4) is 0 Å². The Balaban J connectivity index is 2.13. The maximum atomic E-state index is 10.2. The van der Waals surface area contributed by atoms with Gasteiger partial charge in [-0.25, -0.2) is 4.98 Å². The summed E-state index contributed by atoms with van der Waals surface area (Å²) in [4.78, 5) is 13.9. The Morgan fingerprint density at radius 3 is 3.18 bits per heavy atom. The number of nitrogens with zero attached hydrogens (tertiary/aromatic N) is 2. The Labute approximate surface area is 108 Å². The molecule has 0 atom stereocenters. The van der Waals surface area contributed by atoms with E-state index in [9.17, 15) is 10.1 Å². The molecule has 0 aliphatic rings. The molecule has 0 aliphatic heterocycles. The van der Waals surface area contributed by atoms with Gasteiger partial charge in [0.25, 0.3) is 6.20 Å². The molecule has 17 heavy (non-hydrogen) atoms. The molecule has 0 fully saturated rings. The van der Waals surface area contributed by atoms with Crippen LogP contribution in [-0.4, -0.2) is 29.3 Å². The molecule has 6 nitrogen and oxygen atoms in total. The zero-order chi connectivity index (χ0) is 12.5. The molecule has 0 saturated carbocycles. The number of nitrogens with one attached hydrogen (secondary N) is 2. The van der Waals surface area contributed by atoms with Crippen molar-refractivity contribution < 1.29 is 4.92 Å². The minimum Gasteiger partial charge on any atom is -0.370 e.